The summed E-state index contributed by atoms with van der Waals surface area (Å²) in [5.74, 6) is 1.89. The Kier molecular flexibility index (Phi) is 4.09. The van der Waals surface area contributed by atoms with Gasteiger partial charge in [0.05, 0.1) is 17.4 Å². The second kappa shape index (κ2) is 6.41. The van der Waals surface area contributed by atoms with Crippen LogP contribution in [0.25, 0.3) is 6.08 Å². The van der Waals surface area contributed by atoms with E-state index in [1.807, 2.05) is 0 Å². The van der Waals surface area contributed by atoms with E-state index < -0.39 is 0 Å². The maximum absolute atomic E-state index is 12.6. The first-order valence-electron chi connectivity index (χ1n) is 8.67. The standard InChI is InChI=1S/C20H21NO4/c1-13-4-2-8-21(11-13)12-16-17(22)7-6-15-19(23)18(25-20(15)16)10-14-5-3-9-24-14/h3,5-7,9-10,13,22H,2,4,8,11-12H2,1H3/b18-10-/t13-/m1/s1. The van der Waals surface area contributed by atoms with Crippen LogP contribution in [-0.2, 0) is 6.54 Å². The van der Waals surface area contributed by atoms with Crippen LogP contribution in [0, 0.1) is 5.92 Å². The molecule has 0 unspecified atom stereocenters. The molecule has 0 saturated carbocycles. The van der Waals surface area contributed by atoms with Gasteiger partial charge in [0.25, 0.3) is 0 Å². The number of likely N-dealkylation sites (tertiary alicyclic amines) is 1. The summed E-state index contributed by atoms with van der Waals surface area (Å²) < 4.78 is 11.1. The third kappa shape index (κ3) is 3.07. The van der Waals surface area contributed by atoms with E-state index in [1.54, 1.807) is 36.6 Å². The first kappa shape index (κ1) is 16.0. The van der Waals surface area contributed by atoms with Crippen LogP contribution in [0.2, 0.25) is 0 Å². The molecule has 2 aliphatic rings. The van der Waals surface area contributed by atoms with Crippen molar-refractivity contribution >= 4 is 11.9 Å². The van der Waals surface area contributed by atoms with E-state index in [2.05, 4.69) is 11.8 Å². The fraction of sp³-hybridized carbons (Fsp3) is 0.350. The number of fused-ring (bicyclic) bond motifs is 1. The van der Waals surface area contributed by atoms with Gasteiger partial charge < -0.3 is 14.3 Å². The lowest BCUT2D eigenvalue weighted by Gasteiger charge is -2.31. The zero-order valence-corrected chi connectivity index (χ0v) is 14.2. The zero-order chi connectivity index (χ0) is 17.4. The molecule has 3 heterocycles. The van der Waals surface area contributed by atoms with Crippen molar-refractivity contribution in [1.29, 1.82) is 0 Å². The molecule has 0 amide bonds. The highest BCUT2D eigenvalue weighted by Crippen LogP contribution is 2.40. The molecule has 1 fully saturated rings. The molecule has 0 bridgehead atoms. The third-order valence-electron chi connectivity index (χ3n) is 4.86. The molecule has 130 valence electrons. The molecule has 5 nitrogen and oxygen atoms in total. The van der Waals surface area contributed by atoms with Gasteiger partial charge in [-0.2, -0.15) is 0 Å². The molecule has 1 aromatic heterocycles. The number of benzene rings is 1. The molecular formula is C20H21NO4. The summed E-state index contributed by atoms with van der Waals surface area (Å²) in [7, 11) is 0. The van der Waals surface area contributed by atoms with E-state index in [1.165, 1.54) is 6.42 Å². The van der Waals surface area contributed by atoms with E-state index >= 15 is 0 Å². The van der Waals surface area contributed by atoms with Crippen molar-refractivity contribution in [1.82, 2.24) is 4.90 Å². The number of rotatable bonds is 3. The van der Waals surface area contributed by atoms with Crippen LogP contribution < -0.4 is 4.74 Å². The van der Waals surface area contributed by atoms with E-state index in [4.69, 9.17) is 9.15 Å². The summed E-state index contributed by atoms with van der Waals surface area (Å²) in [5, 5.41) is 10.3. The molecule has 2 aliphatic heterocycles. The molecule has 1 atom stereocenters. The Hall–Kier alpha value is -2.53. The molecule has 5 heteroatoms. The SMILES string of the molecule is C[C@@H]1CCCN(Cc2c(O)ccc3c2O/C(=C\c2ccco2)C3=O)C1. The number of carbonyl (C=O) groups is 1. The molecule has 0 aliphatic carbocycles. The summed E-state index contributed by atoms with van der Waals surface area (Å²) in [6.45, 7) is 4.81. The predicted molar refractivity (Wildman–Crippen MR) is 93.4 cm³/mol. The van der Waals surface area contributed by atoms with Gasteiger partial charge in [-0.05, 0) is 49.6 Å². The number of nitrogens with zero attached hydrogens (tertiary/aromatic N) is 1. The molecule has 0 spiro atoms. The predicted octanol–water partition coefficient (Wildman–Crippen LogP) is 3.83. The van der Waals surface area contributed by atoms with Crippen molar-refractivity contribution in [2.24, 2.45) is 5.92 Å². The summed E-state index contributed by atoms with van der Waals surface area (Å²) in [4.78, 5) is 14.9. The molecule has 0 radical (unpaired) electrons. The normalized spacial score (nSPS) is 22.2. The van der Waals surface area contributed by atoms with Gasteiger partial charge in [-0.1, -0.05) is 6.92 Å². The molecule has 25 heavy (non-hydrogen) atoms. The van der Waals surface area contributed by atoms with E-state index in [9.17, 15) is 9.90 Å². The Morgan fingerprint density at radius 1 is 1.36 bits per heavy atom. The summed E-state index contributed by atoms with van der Waals surface area (Å²) >= 11 is 0. The Morgan fingerprint density at radius 3 is 3.00 bits per heavy atom. The van der Waals surface area contributed by atoms with Crippen molar-refractivity contribution in [2.75, 3.05) is 13.1 Å². The molecular weight excluding hydrogens is 318 g/mol. The van der Waals surface area contributed by atoms with Gasteiger partial charge in [0.2, 0.25) is 5.78 Å². The molecule has 2 aromatic rings. The minimum atomic E-state index is -0.181. The van der Waals surface area contributed by atoms with Crippen LogP contribution in [-0.4, -0.2) is 28.9 Å². The lowest BCUT2D eigenvalue weighted by Crippen LogP contribution is -2.33. The van der Waals surface area contributed by atoms with Crippen molar-refractivity contribution in [3.8, 4) is 11.5 Å². The van der Waals surface area contributed by atoms with E-state index in [0.717, 1.165) is 19.5 Å². The van der Waals surface area contributed by atoms with Crippen LogP contribution >= 0.6 is 0 Å². The quantitative estimate of drug-likeness (QED) is 0.861. The van der Waals surface area contributed by atoms with Gasteiger partial charge >= 0.3 is 0 Å². The lowest BCUT2D eigenvalue weighted by molar-refractivity contribution is 0.101. The van der Waals surface area contributed by atoms with Crippen LogP contribution in [0.3, 0.4) is 0 Å². The van der Waals surface area contributed by atoms with Crippen molar-refractivity contribution in [3.63, 3.8) is 0 Å². The number of phenols is 1. The molecule has 1 aromatic carbocycles. The number of phenolic OH excluding ortho intramolecular Hbond substituents is 1. The number of piperidine rings is 1. The number of allylic oxidation sites excluding steroid dienone is 1. The Labute approximate surface area is 146 Å². The van der Waals surface area contributed by atoms with Crippen LogP contribution in [0.15, 0.2) is 40.7 Å². The van der Waals surface area contributed by atoms with Gasteiger partial charge in [-0.3, -0.25) is 9.69 Å². The first-order chi connectivity index (χ1) is 12.1. The Bertz CT molecular complexity index is 822. The maximum atomic E-state index is 12.6. The highest BCUT2D eigenvalue weighted by Gasteiger charge is 2.32. The smallest absolute Gasteiger partial charge is 0.232 e. The maximum Gasteiger partial charge on any atom is 0.232 e. The average Bonchev–Trinajstić information content (AvgIpc) is 3.20. The Balaban J connectivity index is 1.64. The van der Waals surface area contributed by atoms with Crippen molar-refractivity contribution < 1.29 is 19.1 Å². The molecule has 4 rings (SSSR count). The van der Waals surface area contributed by atoms with Gasteiger partial charge in [0.15, 0.2) is 5.76 Å². The number of hydrogen-bond acceptors (Lipinski definition) is 5. The Morgan fingerprint density at radius 2 is 2.24 bits per heavy atom. The number of aromatic hydroxyl groups is 1. The fourth-order valence-electron chi connectivity index (χ4n) is 3.61. The average molecular weight is 339 g/mol. The fourth-order valence-corrected chi connectivity index (χ4v) is 3.61. The number of ketones is 1. The largest absolute Gasteiger partial charge is 0.507 e. The zero-order valence-electron chi connectivity index (χ0n) is 14.2. The van der Waals surface area contributed by atoms with Crippen molar-refractivity contribution in [2.45, 2.75) is 26.3 Å². The number of carbonyl (C=O) groups excluding carboxylic acids is 1. The number of ether oxygens (including phenoxy) is 1. The van der Waals surface area contributed by atoms with Crippen LogP contribution in [0.4, 0.5) is 0 Å². The van der Waals surface area contributed by atoms with Gasteiger partial charge in [-0.25, -0.2) is 0 Å². The topological polar surface area (TPSA) is 62.9 Å². The third-order valence-corrected chi connectivity index (χ3v) is 4.86. The highest BCUT2D eigenvalue weighted by molar-refractivity contribution is 6.14. The second-order valence-corrected chi connectivity index (χ2v) is 6.88. The first-order valence-corrected chi connectivity index (χ1v) is 8.67. The number of hydrogen-bond donors (Lipinski definition) is 1. The van der Waals surface area contributed by atoms with E-state index in [-0.39, 0.29) is 17.3 Å². The van der Waals surface area contributed by atoms with E-state index in [0.29, 0.717) is 35.1 Å². The lowest BCUT2D eigenvalue weighted by atomic mass is 9.99. The number of furan rings is 1. The van der Waals surface area contributed by atoms with Crippen molar-refractivity contribution in [3.05, 3.63) is 53.2 Å². The summed E-state index contributed by atoms with van der Waals surface area (Å²) in [5.41, 5.74) is 1.18. The van der Waals surface area contributed by atoms with Gasteiger partial charge in [0.1, 0.15) is 17.3 Å². The highest BCUT2D eigenvalue weighted by atomic mass is 16.5. The van der Waals surface area contributed by atoms with Crippen LogP contribution in [0.1, 0.15) is 41.4 Å². The molecule has 1 N–H and O–H groups in total. The van der Waals surface area contributed by atoms with Gasteiger partial charge in [0, 0.05) is 19.2 Å². The number of Topliss-reactive ketones (excluding diaryl/α,β-unsaturated/α-hetero) is 1. The minimum absolute atomic E-state index is 0.170. The van der Waals surface area contributed by atoms with Crippen LogP contribution in [0.5, 0.6) is 11.5 Å². The second-order valence-electron chi connectivity index (χ2n) is 6.88. The summed E-state index contributed by atoms with van der Waals surface area (Å²) in [6.07, 6.45) is 5.53. The molecule has 1 saturated heterocycles. The minimum Gasteiger partial charge on any atom is -0.507 e. The summed E-state index contributed by atoms with van der Waals surface area (Å²) in [6, 6.07) is 6.73. The van der Waals surface area contributed by atoms with Gasteiger partial charge in [-0.15, -0.1) is 0 Å². The monoisotopic (exact) mass is 339 g/mol.